The quantitative estimate of drug-likeness (QED) is 0.320. The Bertz CT molecular complexity index is 1190. The third-order valence-electron chi connectivity index (χ3n) is 4.27. The van der Waals surface area contributed by atoms with Crippen LogP contribution in [0.4, 0.5) is 8.78 Å². The molecule has 0 unspecified atom stereocenters. The van der Waals surface area contributed by atoms with Crippen molar-refractivity contribution in [3.05, 3.63) is 81.3 Å². The van der Waals surface area contributed by atoms with Crippen molar-refractivity contribution in [1.82, 2.24) is 0 Å². The van der Waals surface area contributed by atoms with Gasteiger partial charge in [0.25, 0.3) is 0 Å². The van der Waals surface area contributed by atoms with Crippen LogP contribution in [0, 0.1) is 0 Å². The lowest BCUT2D eigenvalue weighted by molar-refractivity contribution is 0.0559. The molecule has 0 atom stereocenters. The number of hydrogen-bond acceptors (Lipinski definition) is 2. The number of benzene rings is 3. The molecule has 0 heterocycles. The third kappa shape index (κ3) is 4.31. The van der Waals surface area contributed by atoms with Gasteiger partial charge in [-0.1, -0.05) is 48.6 Å². The van der Waals surface area contributed by atoms with E-state index in [-0.39, 0.29) is 10.0 Å². The molecule has 0 radical (unpaired) electrons. The number of halogens is 3. The smallest absolute Gasteiger partial charge is 0.399 e. The highest BCUT2D eigenvalue weighted by atomic mass is 79.9. The Kier molecular flexibility index (Phi) is 5.74. The van der Waals surface area contributed by atoms with Gasteiger partial charge in [0.2, 0.25) is 0 Å². The first-order chi connectivity index (χ1) is 13.5. The third-order valence-corrected chi connectivity index (χ3v) is 6.10. The summed E-state index contributed by atoms with van der Waals surface area (Å²) in [5, 5.41) is 10.0. The lowest BCUT2D eigenvalue weighted by atomic mass is 10.0. The largest absolute Gasteiger partial charge is 0.478 e. The van der Waals surface area contributed by atoms with Crippen LogP contribution in [0.5, 0.6) is 0 Å². The Hall–Kier alpha value is -2.38. The molecule has 0 saturated carbocycles. The van der Waals surface area contributed by atoms with E-state index in [0.717, 1.165) is 11.6 Å². The van der Waals surface area contributed by atoms with Gasteiger partial charge < -0.3 is 14.9 Å². The normalized spacial score (nSPS) is 12.6. The minimum Gasteiger partial charge on any atom is -0.478 e. The monoisotopic (exact) mass is 482 g/mol. The summed E-state index contributed by atoms with van der Waals surface area (Å²) < 4.78 is 39.2. The second-order valence-corrected chi connectivity index (χ2v) is 8.70. The number of aromatic carboxylic acids is 1. The minimum atomic E-state index is -5.68. The average molecular weight is 483 g/mol. The van der Waals surface area contributed by atoms with Gasteiger partial charge in [0.1, 0.15) is 0 Å². The fourth-order valence-corrected chi connectivity index (χ4v) is 4.17. The van der Waals surface area contributed by atoms with E-state index in [1.807, 2.05) is 0 Å². The minimum absolute atomic E-state index is 0.0898. The molecule has 3 aromatic carbocycles. The Morgan fingerprint density at radius 1 is 1.00 bits per heavy atom. The molecule has 150 valence electrons. The molecular formula is C20H14BrF2O5P. The first-order valence-electron chi connectivity index (χ1n) is 8.18. The highest BCUT2D eigenvalue weighted by molar-refractivity contribution is 9.10. The molecule has 0 bridgehead atoms. The van der Waals surface area contributed by atoms with E-state index in [9.17, 15) is 18.1 Å². The number of rotatable bonds is 5. The predicted molar refractivity (Wildman–Crippen MR) is 110 cm³/mol. The summed E-state index contributed by atoms with van der Waals surface area (Å²) in [6.45, 7) is 0. The van der Waals surface area contributed by atoms with Crippen molar-refractivity contribution < 1.29 is 33.0 Å². The van der Waals surface area contributed by atoms with Gasteiger partial charge in [0.05, 0.1) is 5.56 Å². The zero-order chi connectivity index (χ0) is 21.4. The van der Waals surface area contributed by atoms with Gasteiger partial charge in [0.15, 0.2) is 0 Å². The molecule has 0 spiro atoms. The molecule has 0 aliphatic heterocycles. The van der Waals surface area contributed by atoms with Crippen LogP contribution in [0.15, 0.2) is 59.1 Å². The van der Waals surface area contributed by atoms with E-state index in [0.29, 0.717) is 16.3 Å². The molecule has 9 heteroatoms. The molecule has 0 aromatic heterocycles. The predicted octanol–water partition coefficient (Wildman–Crippen LogP) is 5.70. The maximum Gasteiger partial charge on any atom is 0.399 e. The van der Waals surface area contributed by atoms with Crippen LogP contribution in [0.2, 0.25) is 0 Å². The molecule has 0 fully saturated rings. The summed E-state index contributed by atoms with van der Waals surface area (Å²) in [7, 11) is -5.68. The number of alkyl halides is 2. The van der Waals surface area contributed by atoms with Crippen LogP contribution in [-0.4, -0.2) is 20.9 Å². The highest BCUT2D eigenvalue weighted by Gasteiger charge is 2.51. The number of fused-ring (bicyclic) bond motifs is 1. The average Bonchev–Trinajstić information content (AvgIpc) is 2.65. The fourth-order valence-electron chi connectivity index (χ4n) is 2.77. The van der Waals surface area contributed by atoms with Crippen molar-refractivity contribution in [2.75, 3.05) is 0 Å². The van der Waals surface area contributed by atoms with E-state index in [2.05, 4.69) is 15.9 Å². The van der Waals surface area contributed by atoms with Crippen LogP contribution in [0.25, 0.3) is 22.9 Å². The molecule has 0 saturated heterocycles. The zero-order valence-corrected chi connectivity index (χ0v) is 17.1. The summed E-state index contributed by atoms with van der Waals surface area (Å²) in [5.41, 5.74) is -3.52. The van der Waals surface area contributed by atoms with Crippen LogP contribution in [-0.2, 0) is 10.2 Å². The Balaban J connectivity index is 1.98. The number of carbonyl (C=O) groups is 1. The van der Waals surface area contributed by atoms with Gasteiger partial charge in [0, 0.05) is 10.0 Å². The molecule has 3 aromatic rings. The van der Waals surface area contributed by atoms with Gasteiger partial charge in [-0.15, -0.1) is 0 Å². The van der Waals surface area contributed by atoms with Crippen molar-refractivity contribution in [3.8, 4) is 0 Å². The van der Waals surface area contributed by atoms with Gasteiger partial charge in [-0.2, -0.15) is 8.78 Å². The summed E-state index contributed by atoms with van der Waals surface area (Å²) in [5.74, 6) is -1.03. The number of hydrogen-bond donors (Lipinski definition) is 3. The maximum atomic E-state index is 14.1. The van der Waals surface area contributed by atoms with E-state index in [4.69, 9.17) is 14.9 Å². The molecule has 29 heavy (non-hydrogen) atoms. The second-order valence-electron chi connectivity index (χ2n) is 6.26. The maximum absolute atomic E-state index is 14.1. The summed E-state index contributed by atoms with van der Waals surface area (Å²) in [4.78, 5) is 29.0. The lowest BCUT2D eigenvalue weighted by Gasteiger charge is -2.20. The van der Waals surface area contributed by atoms with Crippen molar-refractivity contribution in [1.29, 1.82) is 0 Å². The van der Waals surface area contributed by atoms with Gasteiger partial charge in [-0.25, -0.2) is 4.79 Å². The summed E-state index contributed by atoms with van der Waals surface area (Å²) in [6, 6.07) is 13.7. The SMILES string of the molecule is O=C(O)c1cccc(C=Cc2ccc3c(Br)c(C(F)(F)P(=O)(O)O)ccc3c2)c1. The first kappa shape index (κ1) is 21.3. The van der Waals surface area contributed by atoms with Crippen LogP contribution >= 0.6 is 23.5 Å². The molecule has 5 nitrogen and oxygen atoms in total. The lowest BCUT2D eigenvalue weighted by Crippen LogP contribution is -2.14. The van der Waals surface area contributed by atoms with Gasteiger partial charge in [-0.3, -0.25) is 4.57 Å². The standard InChI is InChI=1S/C20H14BrF2O5P/c21-18-16-8-6-13(5-4-12-2-1-3-15(11-12)19(24)25)10-14(16)7-9-17(18)20(22,23)29(26,27)28/h1-11H,(H,24,25)(H2,26,27,28). The van der Waals surface area contributed by atoms with Gasteiger partial charge in [-0.05, 0) is 56.0 Å². The Labute approximate surface area is 172 Å². The molecular weight excluding hydrogens is 469 g/mol. The fraction of sp³-hybridized carbons (Fsp3) is 0.0500. The Morgan fingerprint density at radius 2 is 1.66 bits per heavy atom. The topological polar surface area (TPSA) is 94.8 Å². The van der Waals surface area contributed by atoms with E-state index >= 15 is 0 Å². The number of carboxylic acids is 1. The van der Waals surface area contributed by atoms with Crippen molar-refractivity contribution in [2.45, 2.75) is 5.66 Å². The van der Waals surface area contributed by atoms with E-state index in [1.165, 1.54) is 18.2 Å². The van der Waals surface area contributed by atoms with Crippen LogP contribution in [0.1, 0.15) is 27.0 Å². The van der Waals surface area contributed by atoms with E-state index < -0.39 is 24.8 Å². The van der Waals surface area contributed by atoms with Crippen molar-refractivity contribution >= 4 is 52.4 Å². The van der Waals surface area contributed by atoms with Gasteiger partial charge >= 0.3 is 19.2 Å². The molecule has 0 aliphatic carbocycles. The first-order valence-corrected chi connectivity index (χ1v) is 10.6. The number of carboxylic acid groups (broad SMARTS) is 1. The Morgan fingerprint density at radius 3 is 2.28 bits per heavy atom. The van der Waals surface area contributed by atoms with Crippen molar-refractivity contribution in [3.63, 3.8) is 0 Å². The molecule has 3 N–H and O–H groups in total. The van der Waals surface area contributed by atoms with E-state index in [1.54, 1.807) is 42.5 Å². The van der Waals surface area contributed by atoms with Crippen LogP contribution in [0.3, 0.4) is 0 Å². The molecule has 3 rings (SSSR count). The van der Waals surface area contributed by atoms with Crippen molar-refractivity contribution in [2.24, 2.45) is 0 Å². The summed E-state index contributed by atoms with van der Waals surface area (Å²) in [6.07, 6.45) is 3.46. The highest BCUT2D eigenvalue weighted by Crippen LogP contribution is 2.60. The second kappa shape index (κ2) is 7.80. The van der Waals surface area contributed by atoms with Crippen LogP contribution < -0.4 is 0 Å². The molecule has 0 aliphatic rings. The summed E-state index contributed by atoms with van der Waals surface area (Å²) >= 11 is 3.03. The zero-order valence-electron chi connectivity index (χ0n) is 14.6. The molecule has 0 amide bonds.